The lowest BCUT2D eigenvalue weighted by Crippen LogP contribution is -2.19. The molecule has 0 radical (unpaired) electrons. The molecule has 1 heterocycles. The maximum absolute atomic E-state index is 4.55. The standard InChI is InChI=1S/C28H41N/c1-4-6-8-12-25-13-9-10-14-26(25)27-19-20-29-21-28(27)22(3)24-17-15-23(16-18-24)11-7-5-2/h9-10,13-14,19-24H,4-8,11-12,15-18H2,1-3H3. The minimum atomic E-state index is 0.592. The summed E-state index contributed by atoms with van der Waals surface area (Å²) in [7, 11) is 0. The van der Waals surface area contributed by atoms with E-state index in [0.29, 0.717) is 5.92 Å². The highest BCUT2D eigenvalue weighted by Crippen LogP contribution is 2.42. The van der Waals surface area contributed by atoms with Crippen LogP contribution in [-0.4, -0.2) is 4.98 Å². The van der Waals surface area contributed by atoms with Gasteiger partial charge in [-0.2, -0.15) is 0 Å². The summed E-state index contributed by atoms with van der Waals surface area (Å²) in [6, 6.07) is 11.3. The van der Waals surface area contributed by atoms with Gasteiger partial charge in [-0.3, -0.25) is 4.98 Å². The van der Waals surface area contributed by atoms with Crippen LogP contribution in [0.25, 0.3) is 11.1 Å². The van der Waals surface area contributed by atoms with Crippen molar-refractivity contribution in [2.24, 2.45) is 11.8 Å². The van der Waals surface area contributed by atoms with Crippen LogP contribution >= 0.6 is 0 Å². The van der Waals surface area contributed by atoms with Crippen LogP contribution in [0, 0.1) is 11.8 Å². The molecule has 0 aliphatic heterocycles. The fourth-order valence-electron chi connectivity index (χ4n) is 5.30. The molecule has 0 bridgehead atoms. The Morgan fingerprint density at radius 1 is 0.897 bits per heavy atom. The zero-order valence-electron chi connectivity index (χ0n) is 19.0. The van der Waals surface area contributed by atoms with E-state index in [1.165, 1.54) is 92.9 Å². The van der Waals surface area contributed by atoms with Gasteiger partial charge < -0.3 is 0 Å². The topological polar surface area (TPSA) is 12.9 Å². The molecule has 0 saturated heterocycles. The van der Waals surface area contributed by atoms with Crippen LogP contribution in [0.3, 0.4) is 0 Å². The number of nitrogens with zero attached hydrogens (tertiary/aromatic N) is 1. The Kier molecular flexibility index (Phi) is 8.77. The van der Waals surface area contributed by atoms with Crippen molar-refractivity contribution in [2.75, 3.05) is 0 Å². The van der Waals surface area contributed by atoms with Crippen LogP contribution in [0.15, 0.2) is 42.7 Å². The van der Waals surface area contributed by atoms with Gasteiger partial charge in [0.2, 0.25) is 0 Å². The van der Waals surface area contributed by atoms with E-state index < -0.39 is 0 Å². The van der Waals surface area contributed by atoms with Gasteiger partial charge in [-0.1, -0.05) is 90.0 Å². The van der Waals surface area contributed by atoms with Crippen molar-refractivity contribution in [3.05, 3.63) is 53.9 Å². The van der Waals surface area contributed by atoms with E-state index in [4.69, 9.17) is 0 Å². The molecule has 2 aromatic rings. The molecule has 1 aliphatic carbocycles. The monoisotopic (exact) mass is 391 g/mol. The number of unbranched alkanes of at least 4 members (excludes halogenated alkanes) is 3. The summed E-state index contributed by atoms with van der Waals surface area (Å²) in [5.41, 5.74) is 5.83. The van der Waals surface area contributed by atoms with Crippen molar-refractivity contribution < 1.29 is 0 Å². The average molecular weight is 392 g/mol. The maximum atomic E-state index is 4.55. The van der Waals surface area contributed by atoms with Crippen LogP contribution < -0.4 is 0 Å². The lowest BCUT2D eigenvalue weighted by atomic mass is 9.72. The quantitative estimate of drug-likeness (QED) is 0.369. The Balaban J connectivity index is 1.76. The molecule has 1 saturated carbocycles. The molecule has 1 aliphatic rings. The van der Waals surface area contributed by atoms with E-state index in [-0.39, 0.29) is 0 Å². The summed E-state index contributed by atoms with van der Waals surface area (Å²) in [5, 5.41) is 0. The minimum Gasteiger partial charge on any atom is -0.264 e. The summed E-state index contributed by atoms with van der Waals surface area (Å²) < 4.78 is 0. The minimum absolute atomic E-state index is 0.592. The first-order valence-corrected chi connectivity index (χ1v) is 12.3. The normalized spacial score (nSPS) is 20.5. The molecule has 1 unspecified atom stereocenters. The third-order valence-corrected chi connectivity index (χ3v) is 7.26. The van der Waals surface area contributed by atoms with Crippen molar-refractivity contribution >= 4 is 0 Å². The maximum Gasteiger partial charge on any atom is 0.0308 e. The van der Waals surface area contributed by atoms with E-state index >= 15 is 0 Å². The number of aryl methyl sites for hydroxylation is 1. The second-order valence-electron chi connectivity index (χ2n) is 9.29. The number of hydrogen-bond donors (Lipinski definition) is 0. The number of hydrogen-bond acceptors (Lipinski definition) is 1. The van der Waals surface area contributed by atoms with Gasteiger partial charge in [0.1, 0.15) is 0 Å². The molecular weight excluding hydrogens is 350 g/mol. The Hall–Kier alpha value is -1.63. The van der Waals surface area contributed by atoms with Gasteiger partial charge >= 0.3 is 0 Å². The predicted octanol–water partition coefficient (Wildman–Crippen LogP) is 8.58. The number of benzene rings is 1. The van der Waals surface area contributed by atoms with Crippen LogP contribution in [0.5, 0.6) is 0 Å². The van der Waals surface area contributed by atoms with Crippen molar-refractivity contribution in [1.82, 2.24) is 4.98 Å². The third-order valence-electron chi connectivity index (χ3n) is 7.26. The lowest BCUT2D eigenvalue weighted by Gasteiger charge is -2.33. The fourth-order valence-corrected chi connectivity index (χ4v) is 5.30. The highest BCUT2D eigenvalue weighted by atomic mass is 14.6. The highest BCUT2D eigenvalue weighted by Gasteiger charge is 2.27. The van der Waals surface area contributed by atoms with E-state index in [1.54, 1.807) is 0 Å². The molecule has 1 aromatic carbocycles. The zero-order valence-corrected chi connectivity index (χ0v) is 19.0. The molecule has 1 atom stereocenters. The van der Waals surface area contributed by atoms with Crippen LogP contribution in [0.2, 0.25) is 0 Å². The summed E-state index contributed by atoms with van der Waals surface area (Å²) >= 11 is 0. The van der Waals surface area contributed by atoms with Gasteiger partial charge in [0.25, 0.3) is 0 Å². The van der Waals surface area contributed by atoms with Crippen molar-refractivity contribution in [2.45, 2.75) is 97.3 Å². The smallest absolute Gasteiger partial charge is 0.0308 e. The van der Waals surface area contributed by atoms with E-state index in [2.05, 4.69) is 62.3 Å². The Morgan fingerprint density at radius 2 is 1.66 bits per heavy atom. The van der Waals surface area contributed by atoms with E-state index in [9.17, 15) is 0 Å². The summed E-state index contributed by atoms with van der Waals surface area (Å²) in [6.07, 6.45) is 19.0. The Morgan fingerprint density at radius 3 is 2.41 bits per heavy atom. The fraction of sp³-hybridized carbons (Fsp3) is 0.607. The number of pyridine rings is 1. The largest absolute Gasteiger partial charge is 0.264 e. The molecule has 1 heteroatoms. The number of aromatic nitrogens is 1. The molecule has 158 valence electrons. The van der Waals surface area contributed by atoms with Crippen LogP contribution in [-0.2, 0) is 6.42 Å². The Labute approximate surface area is 179 Å². The molecule has 3 rings (SSSR count). The first-order valence-electron chi connectivity index (χ1n) is 12.3. The highest BCUT2D eigenvalue weighted by molar-refractivity contribution is 5.71. The number of rotatable bonds is 10. The molecule has 1 aromatic heterocycles. The first kappa shape index (κ1) is 22.1. The van der Waals surface area contributed by atoms with Gasteiger partial charge in [-0.15, -0.1) is 0 Å². The Bertz CT molecular complexity index is 727. The van der Waals surface area contributed by atoms with E-state index in [0.717, 1.165) is 11.8 Å². The van der Waals surface area contributed by atoms with Crippen molar-refractivity contribution in [3.8, 4) is 11.1 Å². The zero-order chi connectivity index (χ0) is 20.5. The van der Waals surface area contributed by atoms with Gasteiger partial charge in [0.15, 0.2) is 0 Å². The van der Waals surface area contributed by atoms with Gasteiger partial charge in [-0.25, -0.2) is 0 Å². The third kappa shape index (κ3) is 5.93. The molecule has 0 N–H and O–H groups in total. The molecular formula is C28H41N. The molecule has 1 fully saturated rings. The average Bonchev–Trinajstić information content (AvgIpc) is 2.78. The molecule has 0 spiro atoms. The van der Waals surface area contributed by atoms with Crippen molar-refractivity contribution in [1.29, 1.82) is 0 Å². The molecule has 0 amide bonds. The van der Waals surface area contributed by atoms with Crippen LogP contribution in [0.1, 0.15) is 102 Å². The summed E-state index contributed by atoms with van der Waals surface area (Å²) in [4.78, 5) is 4.55. The second-order valence-corrected chi connectivity index (χ2v) is 9.29. The second kappa shape index (κ2) is 11.5. The first-order chi connectivity index (χ1) is 14.2. The van der Waals surface area contributed by atoms with Crippen LogP contribution in [0.4, 0.5) is 0 Å². The molecule has 29 heavy (non-hydrogen) atoms. The lowest BCUT2D eigenvalue weighted by molar-refractivity contribution is 0.237. The summed E-state index contributed by atoms with van der Waals surface area (Å²) in [5.74, 6) is 2.38. The van der Waals surface area contributed by atoms with E-state index in [1.807, 2.05) is 6.20 Å². The van der Waals surface area contributed by atoms with Gasteiger partial charge in [0.05, 0.1) is 0 Å². The molecule has 1 nitrogen and oxygen atoms in total. The SMILES string of the molecule is CCCCCc1ccccc1-c1ccncc1C(C)C1CCC(CCCC)CC1. The van der Waals surface area contributed by atoms with Crippen molar-refractivity contribution in [3.63, 3.8) is 0 Å². The van der Waals surface area contributed by atoms with Gasteiger partial charge in [-0.05, 0) is 71.8 Å². The summed E-state index contributed by atoms with van der Waals surface area (Å²) in [6.45, 7) is 7.06. The predicted molar refractivity (Wildman–Crippen MR) is 126 cm³/mol. The van der Waals surface area contributed by atoms with Gasteiger partial charge in [0, 0.05) is 12.4 Å².